The Labute approximate surface area is 139 Å². The predicted molar refractivity (Wildman–Crippen MR) is 90.5 cm³/mol. The Morgan fingerprint density at radius 1 is 1.30 bits per heavy atom. The molecule has 1 aromatic heterocycles. The van der Waals surface area contributed by atoms with Crippen LogP contribution >= 0.6 is 11.3 Å². The molecular formula is C17H19NO4S. The quantitative estimate of drug-likeness (QED) is 0.646. The highest BCUT2D eigenvalue weighted by Gasteiger charge is 2.30. The maximum Gasteiger partial charge on any atom is 0.347 e. The van der Waals surface area contributed by atoms with E-state index < -0.39 is 11.6 Å². The molecule has 0 fully saturated rings. The summed E-state index contributed by atoms with van der Waals surface area (Å²) in [5, 5.41) is 15.2. The number of hydrogen-bond acceptors (Lipinski definition) is 5. The minimum Gasteiger partial charge on any atom is -0.478 e. The first-order valence-electron chi connectivity index (χ1n) is 7.03. The van der Waals surface area contributed by atoms with E-state index in [1.165, 1.54) is 21.0 Å². The van der Waals surface area contributed by atoms with E-state index in [0.29, 0.717) is 5.75 Å². The van der Waals surface area contributed by atoms with Crippen molar-refractivity contribution in [3.8, 4) is 5.75 Å². The zero-order chi connectivity index (χ0) is 17.0. The number of benzene rings is 1. The molecule has 2 rings (SSSR count). The Bertz CT molecular complexity index is 720. The molecular weight excluding hydrogens is 314 g/mol. The van der Waals surface area contributed by atoms with Crippen LogP contribution in [0.4, 0.5) is 0 Å². The number of carboxylic acids is 1. The Balaban J connectivity index is 2.35. The van der Waals surface area contributed by atoms with Crippen LogP contribution in [0.5, 0.6) is 5.75 Å². The second-order valence-electron chi connectivity index (χ2n) is 5.50. The molecule has 0 atom stereocenters. The van der Waals surface area contributed by atoms with Gasteiger partial charge in [-0.25, -0.2) is 4.79 Å². The average Bonchev–Trinajstić information content (AvgIpc) is 3.00. The van der Waals surface area contributed by atoms with Crippen LogP contribution in [-0.2, 0) is 9.63 Å². The van der Waals surface area contributed by atoms with Gasteiger partial charge < -0.3 is 14.7 Å². The van der Waals surface area contributed by atoms with Crippen molar-refractivity contribution < 1.29 is 19.5 Å². The monoisotopic (exact) mass is 333 g/mol. The largest absolute Gasteiger partial charge is 0.478 e. The van der Waals surface area contributed by atoms with Crippen LogP contribution < -0.4 is 4.74 Å². The fourth-order valence-corrected chi connectivity index (χ4v) is 2.70. The maximum atomic E-state index is 11.2. The van der Waals surface area contributed by atoms with Crippen LogP contribution in [-0.4, -0.2) is 29.5 Å². The van der Waals surface area contributed by atoms with E-state index in [-0.39, 0.29) is 0 Å². The third-order valence-electron chi connectivity index (χ3n) is 3.27. The van der Waals surface area contributed by atoms with Crippen LogP contribution in [0.3, 0.4) is 0 Å². The standard InChI is InChI=1S/C17H19NO4S/c1-11-10-12(15(18-21-4)14-6-5-9-23-14)7-8-13(11)22-17(2,3)16(19)20/h5-10H,1-4H3,(H,19,20)/b18-15-. The number of aryl methyl sites for hydroxylation is 1. The molecule has 0 aliphatic rings. The lowest BCUT2D eigenvalue weighted by molar-refractivity contribution is -0.152. The molecule has 0 saturated heterocycles. The number of carboxylic acid groups (broad SMARTS) is 1. The van der Waals surface area contributed by atoms with Gasteiger partial charge in [0.15, 0.2) is 5.60 Å². The zero-order valence-corrected chi connectivity index (χ0v) is 14.3. The summed E-state index contributed by atoms with van der Waals surface area (Å²) in [6.45, 7) is 4.91. The van der Waals surface area contributed by atoms with E-state index in [4.69, 9.17) is 9.57 Å². The zero-order valence-electron chi connectivity index (χ0n) is 13.5. The first-order chi connectivity index (χ1) is 10.8. The Morgan fingerprint density at radius 3 is 2.57 bits per heavy atom. The number of rotatable bonds is 6. The van der Waals surface area contributed by atoms with E-state index in [1.54, 1.807) is 17.4 Å². The molecule has 1 heterocycles. The molecule has 0 aliphatic heterocycles. The topological polar surface area (TPSA) is 68.1 Å². The van der Waals surface area contributed by atoms with Crippen molar-refractivity contribution >= 4 is 23.0 Å². The number of aliphatic carboxylic acids is 1. The first-order valence-corrected chi connectivity index (χ1v) is 7.91. The van der Waals surface area contributed by atoms with Crippen molar-refractivity contribution in [3.63, 3.8) is 0 Å². The summed E-state index contributed by atoms with van der Waals surface area (Å²) < 4.78 is 5.61. The highest BCUT2D eigenvalue weighted by molar-refractivity contribution is 7.12. The van der Waals surface area contributed by atoms with Gasteiger partial charge in [-0.15, -0.1) is 11.3 Å². The molecule has 122 valence electrons. The van der Waals surface area contributed by atoms with Gasteiger partial charge in [-0.3, -0.25) is 0 Å². The van der Waals surface area contributed by atoms with Crippen molar-refractivity contribution in [2.45, 2.75) is 26.4 Å². The lowest BCUT2D eigenvalue weighted by atomic mass is 10.0. The van der Waals surface area contributed by atoms with Gasteiger partial charge in [0.05, 0.1) is 4.88 Å². The third-order valence-corrected chi connectivity index (χ3v) is 4.14. The third kappa shape index (κ3) is 3.90. The smallest absolute Gasteiger partial charge is 0.347 e. The van der Waals surface area contributed by atoms with Gasteiger partial charge in [0.1, 0.15) is 18.6 Å². The SMILES string of the molecule is CO/N=C(/c1ccc(OC(C)(C)C(=O)O)c(C)c1)c1cccs1. The van der Waals surface area contributed by atoms with Gasteiger partial charge in [-0.05, 0) is 56.0 Å². The molecule has 0 unspecified atom stereocenters. The summed E-state index contributed by atoms with van der Waals surface area (Å²) in [4.78, 5) is 17.1. The van der Waals surface area contributed by atoms with Crippen molar-refractivity contribution in [1.29, 1.82) is 0 Å². The molecule has 6 heteroatoms. The van der Waals surface area contributed by atoms with Gasteiger partial charge in [-0.1, -0.05) is 11.2 Å². The molecule has 2 aromatic rings. The van der Waals surface area contributed by atoms with Gasteiger partial charge in [0, 0.05) is 5.56 Å². The number of carbonyl (C=O) groups is 1. The minimum atomic E-state index is -1.29. The molecule has 0 saturated carbocycles. The first kappa shape index (κ1) is 17.0. The van der Waals surface area contributed by atoms with Crippen molar-refractivity contribution in [3.05, 3.63) is 51.7 Å². The van der Waals surface area contributed by atoms with Crippen molar-refractivity contribution in [1.82, 2.24) is 0 Å². The van der Waals surface area contributed by atoms with Gasteiger partial charge in [0.25, 0.3) is 0 Å². The molecule has 1 N–H and O–H groups in total. The average molecular weight is 333 g/mol. The van der Waals surface area contributed by atoms with Crippen molar-refractivity contribution in [2.75, 3.05) is 7.11 Å². The van der Waals surface area contributed by atoms with E-state index in [2.05, 4.69) is 5.16 Å². The summed E-state index contributed by atoms with van der Waals surface area (Å²) in [6.07, 6.45) is 0. The number of nitrogens with zero attached hydrogens (tertiary/aromatic N) is 1. The molecule has 1 aromatic carbocycles. The summed E-state index contributed by atoms with van der Waals surface area (Å²) in [5.74, 6) is -0.481. The summed E-state index contributed by atoms with van der Waals surface area (Å²) >= 11 is 1.57. The maximum absolute atomic E-state index is 11.2. The van der Waals surface area contributed by atoms with Gasteiger partial charge in [0.2, 0.25) is 0 Å². The summed E-state index contributed by atoms with van der Waals surface area (Å²) in [5.41, 5.74) is 1.16. The fraction of sp³-hybridized carbons (Fsp3) is 0.294. The second kappa shape index (κ2) is 6.83. The molecule has 0 spiro atoms. The van der Waals surface area contributed by atoms with Crippen molar-refractivity contribution in [2.24, 2.45) is 5.16 Å². The van der Waals surface area contributed by atoms with E-state index in [9.17, 15) is 9.90 Å². The molecule has 0 bridgehead atoms. The van der Waals surface area contributed by atoms with Crippen LogP contribution in [0.25, 0.3) is 0 Å². The lowest BCUT2D eigenvalue weighted by Gasteiger charge is -2.23. The summed E-state index contributed by atoms with van der Waals surface area (Å²) in [6, 6.07) is 9.43. The van der Waals surface area contributed by atoms with E-state index >= 15 is 0 Å². The highest BCUT2D eigenvalue weighted by Crippen LogP contribution is 2.26. The predicted octanol–water partition coefficient (Wildman–Crippen LogP) is 3.70. The number of thiophene rings is 1. The van der Waals surface area contributed by atoms with E-state index in [0.717, 1.165) is 21.7 Å². The van der Waals surface area contributed by atoms with Gasteiger partial charge >= 0.3 is 5.97 Å². The van der Waals surface area contributed by atoms with Crippen LogP contribution in [0.15, 0.2) is 40.9 Å². The summed E-state index contributed by atoms with van der Waals surface area (Å²) in [7, 11) is 1.51. The molecule has 0 radical (unpaired) electrons. The molecule has 0 amide bonds. The Morgan fingerprint density at radius 2 is 2.04 bits per heavy atom. The molecule has 5 nitrogen and oxygen atoms in total. The number of oxime groups is 1. The molecule has 23 heavy (non-hydrogen) atoms. The number of ether oxygens (including phenoxy) is 1. The van der Waals surface area contributed by atoms with Crippen LogP contribution in [0.1, 0.15) is 29.9 Å². The van der Waals surface area contributed by atoms with Gasteiger partial charge in [-0.2, -0.15) is 0 Å². The second-order valence-corrected chi connectivity index (χ2v) is 6.45. The highest BCUT2D eigenvalue weighted by atomic mass is 32.1. The normalized spacial score (nSPS) is 12.1. The number of hydrogen-bond donors (Lipinski definition) is 1. The lowest BCUT2D eigenvalue weighted by Crippen LogP contribution is -2.38. The molecule has 0 aliphatic carbocycles. The Hall–Kier alpha value is -2.34. The van der Waals surface area contributed by atoms with E-state index in [1.807, 2.05) is 36.6 Å². The minimum absolute atomic E-state index is 0.532. The van der Waals surface area contributed by atoms with Crippen LogP contribution in [0.2, 0.25) is 0 Å². The Kier molecular flexibility index (Phi) is 5.05. The fourth-order valence-electron chi connectivity index (χ4n) is 1.97. The van der Waals surface area contributed by atoms with Crippen LogP contribution in [0, 0.1) is 6.92 Å².